The minimum absolute atomic E-state index is 0.0461. The van der Waals surface area contributed by atoms with Gasteiger partial charge in [0.15, 0.2) is 6.61 Å². The third-order valence-electron chi connectivity index (χ3n) is 5.23. The number of esters is 1. The first kappa shape index (κ1) is 22.9. The highest BCUT2D eigenvalue weighted by Gasteiger charge is 2.19. The molecule has 2 aromatic heterocycles. The SMILES string of the molecule is CCOC(=O)COc1cc2c(Sc3ccccc3)c(-c3cccc(C(C)(C)C)c3)[nH]c2cn1. The van der Waals surface area contributed by atoms with E-state index in [4.69, 9.17) is 9.47 Å². The highest BCUT2D eigenvalue weighted by atomic mass is 32.2. The quantitative estimate of drug-likeness (QED) is 0.314. The lowest BCUT2D eigenvalue weighted by Gasteiger charge is -2.19. The Labute approximate surface area is 198 Å². The fourth-order valence-corrected chi connectivity index (χ4v) is 4.60. The molecule has 0 bridgehead atoms. The normalized spacial score (nSPS) is 11.5. The maximum atomic E-state index is 11.7. The van der Waals surface area contributed by atoms with Crippen LogP contribution in [-0.4, -0.2) is 29.2 Å². The van der Waals surface area contributed by atoms with E-state index in [1.165, 1.54) is 5.56 Å². The number of hydrogen-bond donors (Lipinski definition) is 1. The number of pyridine rings is 1. The molecule has 0 amide bonds. The van der Waals surface area contributed by atoms with E-state index in [0.29, 0.717) is 12.5 Å². The van der Waals surface area contributed by atoms with E-state index in [2.05, 4.69) is 67.1 Å². The molecule has 6 heteroatoms. The van der Waals surface area contributed by atoms with Crippen LogP contribution >= 0.6 is 11.8 Å². The van der Waals surface area contributed by atoms with Crippen LogP contribution in [-0.2, 0) is 14.9 Å². The zero-order chi connectivity index (χ0) is 23.4. The maximum absolute atomic E-state index is 11.7. The number of aromatic amines is 1. The van der Waals surface area contributed by atoms with Crippen LogP contribution in [0, 0.1) is 0 Å². The number of carbonyl (C=O) groups is 1. The van der Waals surface area contributed by atoms with Gasteiger partial charge in [0.1, 0.15) is 0 Å². The number of nitrogens with zero attached hydrogens (tertiary/aromatic N) is 1. The van der Waals surface area contributed by atoms with Crippen molar-refractivity contribution in [3.63, 3.8) is 0 Å². The van der Waals surface area contributed by atoms with Crippen LogP contribution in [0.2, 0.25) is 0 Å². The van der Waals surface area contributed by atoms with Crippen molar-refractivity contribution in [3.05, 3.63) is 72.4 Å². The smallest absolute Gasteiger partial charge is 0.344 e. The second kappa shape index (κ2) is 9.71. The summed E-state index contributed by atoms with van der Waals surface area (Å²) in [4.78, 5) is 21.9. The van der Waals surface area contributed by atoms with Crippen LogP contribution in [0.5, 0.6) is 5.88 Å². The Bertz CT molecular complexity index is 1260. The lowest BCUT2D eigenvalue weighted by atomic mass is 9.86. The molecule has 4 rings (SSSR count). The molecule has 0 spiro atoms. The molecule has 4 aromatic rings. The Morgan fingerprint density at radius 1 is 1.06 bits per heavy atom. The molecular weight excluding hydrogens is 432 g/mol. The number of aromatic nitrogens is 2. The Morgan fingerprint density at radius 3 is 2.58 bits per heavy atom. The minimum atomic E-state index is -0.410. The van der Waals surface area contributed by atoms with Gasteiger partial charge in [-0.15, -0.1) is 0 Å². The topological polar surface area (TPSA) is 64.2 Å². The Balaban J connectivity index is 1.79. The van der Waals surface area contributed by atoms with Crippen LogP contribution in [0.15, 0.2) is 76.7 Å². The van der Waals surface area contributed by atoms with Crippen molar-refractivity contribution in [2.75, 3.05) is 13.2 Å². The van der Waals surface area contributed by atoms with Crippen LogP contribution in [0.1, 0.15) is 33.3 Å². The predicted molar refractivity (Wildman–Crippen MR) is 133 cm³/mol. The van der Waals surface area contributed by atoms with Gasteiger partial charge in [-0.1, -0.05) is 68.9 Å². The van der Waals surface area contributed by atoms with Crippen LogP contribution in [0.3, 0.4) is 0 Å². The van der Waals surface area contributed by atoms with Gasteiger partial charge in [-0.05, 0) is 41.7 Å². The third-order valence-corrected chi connectivity index (χ3v) is 6.37. The van der Waals surface area contributed by atoms with Gasteiger partial charge < -0.3 is 14.5 Å². The lowest BCUT2D eigenvalue weighted by Crippen LogP contribution is -2.14. The van der Waals surface area contributed by atoms with E-state index in [9.17, 15) is 4.79 Å². The summed E-state index contributed by atoms with van der Waals surface area (Å²) in [5.41, 5.74) is 4.38. The molecule has 170 valence electrons. The Kier molecular flexibility index (Phi) is 6.75. The summed E-state index contributed by atoms with van der Waals surface area (Å²) in [5.74, 6) is -0.0218. The molecule has 0 fully saturated rings. The molecule has 0 unspecified atom stereocenters. The fraction of sp³-hybridized carbons (Fsp3) is 0.259. The van der Waals surface area contributed by atoms with Crippen molar-refractivity contribution in [3.8, 4) is 17.1 Å². The molecule has 0 aliphatic rings. The van der Waals surface area contributed by atoms with E-state index in [1.54, 1.807) is 24.9 Å². The van der Waals surface area contributed by atoms with Gasteiger partial charge in [-0.2, -0.15) is 0 Å². The van der Waals surface area contributed by atoms with Crippen molar-refractivity contribution < 1.29 is 14.3 Å². The van der Waals surface area contributed by atoms with Crippen molar-refractivity contribution in [2.24, 2.45) is 0 Å². The third kappa shape index (κ3) is 5.40. The second-order valence-corrected chi connectivity index (χ2v) is 9.82. The second-order valence-electron chi connectivity index (χ2n) is 8.74. The minimum Gasteiger partial charge on any atom is -0.466 e. The zero-order valence-corrected chi connectivity index (χ0v) is 20.2. The van der Waals surface area contributed by atoms with E-state index in [-0.39, 0.29) is 12.0 Å². The summed E-state index contributed by atoms with van der Waals surface area (Å²) >= 11 is 1.69. The van der Waals surface area contributed by atoms with Crippen LogP contribution in [0.25, 0.3) is 22.2 Å². The standard InChI is InChI=1S/C27H28N2O3S/c1-5-31-24(30)17-32-23-15-21-22(16-28-23)29-25(26(21)33-20-12-7-6-8-13-20)18-10-9-11-19(14-18)27(2,3)4/h6-16,29H,5,17H2,1-4H3. The average Bonchev–Trinajstić information content (AvgIpc) is 3.16. The van der Waals surface area contributed by atoms with Crippen molar-refractivity contribution >= 4 is 28.6 Å². The summed E-state index contributed by atoms with van der Waals surface area (Å²) in [5, 5.41) is 0.994. The van der Waals surface area contributed by atoms with Gasteiger partial charge >= 0.3 is 5.97 Å². The molecule has 33 heavy (non-hydrogen) atoms. The van der Waals surface area contributed by atoms with Crippen LogP contribution < -0.4 is 4.74 Å². The van der Waals surface area contributed by atoms with Crippen molar-refractivity contribution in [2.45, 2.75) is 42.9 Å². The number of ether oxygens (including phenoxy) is 2. The number of hydrogen-bond acceptors (Lipinski definition) is 5. The first-order valence-corrected chi connectivity index (χ1v) is 11.8. The Morgan fingerprint density at radius 2 is 1.85 bits per heavy atom. The average molecular weight is 461 g/mol. The van der Waals surface area contributed by atoms with Gasteiger partial charge in [-0.25, -0.2) is 9.78 Å². The maximum Gasteiger partial charge on any atom is 0.344 e. The predicted octanol–water partition coefficient (Wildman–Crippen LogP) is 6.62. The van der Waals surface area contributed by atoms with Gasteiger partial charge in [0.05, 0.1) is 24.0 Å². The molecular formula is C27H28N2O3S. The summed E-state index contributed by atoms with van der Waals surface area (Å²) in [6.45, 7) is 8.57. The first-order valence-electron chi connectivity index (χ1n) is 11.0. The molecule has 0 aliphatic carbocycles. The summed E-state index contributed by atoms with van der Waals surface area (Å²) in [7, 11) is 0. The number of rotatable bonds is 7. The van der Waals surface area contributed by atoms with E-state index in [0.717, 1.165) is 32.0 Å². The van der Waals surface area contributed by atoms with E-state index in [1.807, 2.05) is 24.3 Å². The van der Waals surface area contributed by atoms with Crippen molar-refractivity contribution in [1.82, 2.24) is 9.97 Å². The molecule has 5 nitrogen and oxygen atoms in total. The summed E-state index contributed by atoms with van der Waals surface area (Å²) in [6, 6.07) is 20.8. The van der Waals surface area contributed by atoms with E-state index < -0.39 is 5.97 Å². The summed E-state index contributed by atoms with van der Waals surface area (Å²) < 4.78 is 10.6. The molecule has 0 aliphatic heterocycles. The van der Waals surface area contributed by atoms with E-state index >= 15 is 0 Å². The molecule has 0 saturated heterocycles. The molecule has 0 atom stereocenters. The molecule has 2 heterocycles. The van der Waals surface area contributed by atoms with Gasteiger partial charge in [0.2, 0.25) is 5.88 Å². The highest BCUT2D eigenvalue weighted by Crippen LogP contribution is 2.42. The number of carbonyl (C=O) groups excluding carboxylic acids is 1. The lowest BCUT2D eigenvalue weighted by molar-refractivity contribution is -0.145. The van der Waals surface area contributed by atoms with Crippen molar-refractivity contribution in [1.29, 1.82) is 0 Å². The highest BCUT2D eigenvalue weighted by molar-refractivity contribution is 7.99. The zero-order valence-electron chi connectivity index (χ0n) is 19.3. The molecule has 0 saturated carbocycles. The number of H-pyrrole nitrogens is 1. The van der Waals surface area contributed by atoms with Crippen LogP contribution in [0.4, 0.5) is 0 Å². The molecule has 2 aromatic carbocycles. The van der Waals surface area contributed by atoms with Gasteiger partial charge in [0.25, 0.3) is 0 Å². The number of benzene rings is 2. The first-order chi connectivity index (χ1) is 15.8. The molecule has 1 N–H and O–H groups in total. The fourth-order valence-electron chi connectivity index (χ4n) is 3.52. The largest absolute Gasteiger partial charge is 0.466 e. The monoisotopic (exact) mass is 460 g/mol. The molecule has 0 radical (unpaired) electrons. The van der Waals surface area contributed by atoms with Gasteiger partial charge in [0, 0.05) is 21.2 Å². The van der Waals surface area contributed by atoms with Gasteiger partial charge in [-0.3, -0.25) is 0 Å². The number of fused-ring (bicyclic) bond motifs is 1. The number of nitrogens with one attached hydrogen (secondary N) is 1. The Hall–Kier alpha value is -3.25. The summed E-state index contributed by atoms with van der Waals surface area (Å²) in [6.07, 6.45) is 1.75.